The second-order valence-electron chi connectivity index (χ2n) is 6.04. The van der Waals surface area contributed by atoms with E-state index in [1.165, 1.54) is 11.3 Å². The number of carbonyl (C=O) groups is 1. The van der Waals surface area contributed by atoms with Gasteiger partial charge in [0.15, 0.2) is 5.82 Å². The first-order chi connectivity index (χ1) is 11.1. The van der Waals surface area contributed by atoms with E-state index in [2.05, 4.69) is 22.0 Å². The Bertz CT molecular complexity index is 694. The molecule has 1 unspecified atom stereocenters. The lowest BCUT2D eigenvalue weighted by atomic mass is 9.98. The van der Waals surface area contributed by atoms with Gasteiger partial charge in [0.2, 0.25) is 5.89 Å². The molecule has 23 heavy (non-hydrogen) atoms. The molecule has 1 amide bonds. The zero-order chi connectivity index (χ0) is 16.4. The standard InChI is InChI=1S/C16H22N4O2S/c1-4-6-13-17-10(2)14(23-13)16(21)20-8-5-7-12(9-20)15-18-11(3)19-22-15/h12H,4-9H2,1-3H3. The molecule has 1 aliphatic heterocycles. The van der Waals surface area contributed by atoms with Crippen LogP contribution in [0.5, 0.6) is 0 Å². The van der Waals surface area contributed by atoms with E-state index in [9.17, 15) is 4.79 Å². The van der Waals surface area contributed by atoms with Gasteiger partial charge in [-0.3, -0.25) is 4.79 Å². The van der Waals surface area contributed by atoms with Crippen LogP contribution in [0.3, 0.4) is 0 Å². The van der Waals surface area contributed by atoms with Crippen LogP contribution in [0.25, 0.3) is 0 Å². The summed E-state index contributed by atoms with van der Waals surface area (Å²) in [7, 11) is 0. The van der Waals surface area contributed by atoms with Gasteiger partial charge in [-0.15, -0.1) is 11.3 Å². The lowest BCUT2D eigenvalue weighted by Gasteiger charge is -2.30. The van der Waals surface area contributed by atoms with Gasteiger partial charge in [-0.2, -0.15) is 4.98 Å². The Balaban J connectivity index is 1.74. The molecule has 6 nitrogen and oxygen atoms in total. The van der Waals surface area contributed by atoms with Gasteiger partial charge in [0.25, 0.3) is 5.91 Å². The Morgan fingerprint density at radius 1 is 1.39 bits per heavy atom. The summed E-state index contributed by atoms with van der Waals surface area (Å²) in [5, 5.41) is 4.91. The van der Waals surface area contributed by atoms with E-state index < -0.39 is 0 Å². The molecule has 0 radical (unpaired) electrons. The number of aryl methyl sites for hydroxylation is 3. The SMILES string of the molecule is CCCc1nc(C)c(C(=O)N2CCCC(c3nc(C)no3)C2)s1. The van der Waals surface area contributed by atoms with Gasteiger partial charge in [0.1, 0.15) is 4.88 Å². The number of aromatic nitrogens is 3. The molecule has 3 rings (SSSR count). The molecule has 2 aromatic heterocycles. The molecule has 3 heterocycles. The normalized spacial score (nSPS) is 18.4. The lowest BCUT2D eigenvalue weighted by molar-refractivity contribution is 0.0699. The molecule has 0 N–H and O–H groups in total. The second kappa shape index (κ2) is 6.78. The number of nitrogens with zero attached hydrogens (tertiary/aromatic N) is 4. The molecule has 1 saturated heterocycles. The fourth-order valence-corrected chi connectivity index (χ4v) is 4.09. The predicted octanol–water partition coefficient (Wildman–Crippen LogP) is 3.12. The summed E-state index contributed by atoms with van der Waals surface area (Å²) in [5.41, 5.74) is 0.846. The average Bonchev–Trinajstić information content (AvgIpc) is 3.13. The van der Waals surface area contributed by atoms with Crippen LogP contribution in [0, 0.1) is 13.8 Å². The predicted molar refractivity (Wildman–Crippen MR) is 87.8 cm³/mol. The number of hydrogen-bond donors (Lipinski definition) is 0. The van der Waals surface area contributed by atoms with Crippen molar-refractivity contribution in [3.8, 4) is 0 Å². The van der Waals surface area contributed by atoms with Crippen molar-refractivity contribution in [2.24, 2.45) is 0 Å². The number of thiazole rings is 1. The number of rotatable bonds is 4. The fraction of sp³-hybridized carbons (Fsp3) is 0.625. The van der Waals surface area contributed by atoms with Crippen LogP contribution in [-0.4, -0.2) is 39.0 Å². The number of likely N-dealkylation sites (tertiary alicyclic amines) is 1. The van der Waals surface area contributed by atoms with Gasteiger partial charge in [-0.25, -0.2) is 4.98 Å². The monoisotopic (exact) mass is 334 g/mol. The first kappa shape index (κ1) is 16.1. The van der Waals surface area contributed by atoms with Crippen molar-refractivity contribution in [1.29, 1.82) is 0 Å². The van der Waals surface area contributed by atoms with Crippen molar-refractivity contribution in [2.75, 3.05) is 13.1 Å². The summed E-state index contributed by atoms with van der Waals surface area (Å²) in [4.78, 5) is 24.4. The topological polar surface area (TPSA) is 72.1 Å². The summed E-state index contributed by atoms with van der Waals surface area (Å²) in [6.07, 6.45) is 3.91. The molecule has 0 aromatic carbocycles. The van der Waals surface area contributed by atoms with Gasteiger partial charge < -0.3 is 9.42 Å². The number of piperidine rings is 1. The Hall–Kier alpha value is -1.76. The number of hydrogen-bond acceptors (Lipinski definition) is 6. The van der Waals surface area contributed by atoms with Crippen LogP contribution in [0.15, 0.2) is 4.52 Å². The zero-order valence-electron chi connectivity index (χ0n) is 13.8. The van der Waals surface area contributed by atoms with Gasteiger partial charge >= 0.3 is 0 Å². The van der Waals surface area contributed by atoms with Crippen LogP contribution in [0.4, 0.5) is 0 Å². The minimum absolute atomic E-state index is 0.0864. The van der Waals surface area contributed by atoms with Crippen molar-refractivity contribution in [3.63, 3.8) is 0 Å². The maximum absolute atomic E-state index is 12.8. The molecule has 1 aliphatic rings. The number of carbonyl (C=O) groups excluding carboxylic acids is 1. The molecule has 2 aromatic rings. The third kappa shape index (κ3) is 3.44. The third-order valence-corrected chi connectivity index (χ3v) is 5.31. The maximum atomic E-state index is 12.8. The minimum atomic E-state index is 0.0864. The highest BCUT2D eigenvalue weighted by atomic mass is 32.1. The van der Waals surface area contributed by atoms with Gasteiger partial charge in [-0.1, -0.05) is 12.1 Å². The molecule has 1 atom stereocenters. The van der Waals surface area contributed by atoms with Crippen molar-refractivity contribution >= 4 is 17.2 Å². The Kier molecular flexibility index (Phi) is 4.75. The molecular formula is C16H22N4O2S. The largest absolute Gasteiger partial charge is 0.339 e. The van der Waals surface area contributed by atoms with E-state index in [-0.39, 0.29) is 11.8 Å². The highest BCUT2D eigenvalue weighted by molar-refractivity contribution is 7.13. The molecule has 1 fully saturated rings. The first-order valence-electron chi connectivity index (χ1n) is 8.14. The van der Waals surface area contributed by atoms with E-state index in [0.717, 1.165) is 47.8 Å². The van der Waals surface area contributed by atoms with Crippen LogP contribution in [-0.2, 0) is 6.42 Å². The van der Waals surface area contributed by atoms with Gasteiger partial charge in [-0.05, 0) is 39.5 Å². The molecule has 7 heteroatoms. The van der Waals surface area contributed by atoms with Gasteiger partial charge in [0.05, 0.1) is 16.6 Å². The van der Waals surface area contributed by atoms with Crippen molar-refractivity contribution in [1.82, 2.24) is 20.0 Å². The Labute approximate surface area is 139 Å². The Morgan fingerprint density at radius 2 is 2.22 bits per heavy atom. The molecule has 0 spiro atoms. The van der Waals surface area contributed by atoms with E-state index >= 15 is 0 Å². The van der Waals surface area contributed by atoms with Crippen molar-refractivity contribution in [3.05, 3.63) is 27.3 Å². The second-order valence-corrected chi connectivity index (χ2v) is 7.13. The summed E-state index contributed by atoms with van der Waals surface area (Å²) in [6, 6.07) is 0. The number of amides is 1. The van der Waals surface area contributed by atoms with E-state index in [1.807, 2.05) is 18.7 Å². The van der Waals surface area contributed by atoms with Crippen molar-refractivity contribution in [2.45, 2.75) is 52.4 Å². The third-order valence-electron chi connectivity index (χ3n) is 4.10. The van der Waals surface area contributed by atoms with Crippen LogP contribution < -0.4 is 0 Å². The highest BCUT2D eigenvalue weighted by Crippen LogP contribution is 2.28. The van der Waals surface area contributed by atoms with E-state index in [4.69, 9.17) is 4.52 Å². The summed E-state index contributed by atoms with van der Waals surface area (Å²) >= 11 is 1.53. The lowest BCUT2D eigenvalue weighted by Crippen LogP contribution is -2.39. The van der Waals surface area contributed by atoms with Crippen LogP contribution in [0.2, 0.25) is 0 Å². The zero-order valence-corrected chi connectivity index (χ0v) is 14.7. The van der Waals surface area contributed by atoms with Crippen LogP contribution in [0.1, 0.15) is 64.2 Å². The Morgan fingerprint density at radius 3 is 2.91 bits per heavy atom. The molecule has 0 bridgehead atoms. The highest BCUT2D eigenvalue weighted by Gasteiger charge is 2.30. The van der Waals surface area contributed by atoms with Crippen molar-refractivity contribution < 1.29 is 9.32 Å². The van der Waals surface area contributed by atoms with E-state index in [0.29, 0.717) is 18.3 Å². The average molecular weight is 334 g/mol. The fourth-order valence-electron chi connectivity index (χ4n) is 2.96. The maximum Gasteiger partial charge on any atom is 0.265 e. The van der Waals surface area contributed by atoms with E-state index in [1.54, 1.807) is 0 Å². The van der Waals surface area contributed by atoms with Gasteiger partial charge in [0, 0.05) is 13.1 Å². The minimum Gasteiger partial charge on any atom is -0.339 e. The molecule has 0 saturated carbocycles. The molecule has 0 aliphatic carbocycles. The quantitative estimate of drug-likeness (QED) is 0.859. The molecule has 124 valence electrons. The smallest absolute Gasteiger partial charge is 0.265 e. The summed E-state index contributed by atoms with van der Waals surface area (Å²) < 4.78 is 5.29. The molecular weight excluding hydrogens is 312 g/mol. The first-order valence-corrected chi connectivity index (χ1v) is 8.96. The summed E-state index contributed by atoms with van der Waals surface area (Å²) in [5.74, 6) is 1.51. The van der Waals surface area contributed by atoms with Crippen LogP contribution >= 0.6 is 11.3 Å². The summed E-state index contributed by atoms with van der Waals surface area (Å²) in [6.45, 7) is 7.28.